The SMILES string of the molecule is CC.CCC.CN(CCOc1ccc(CC2SC(=O)NC2=O)cc1)c1ccccn1. The van der Waals surface area contributed by atoms with Crippen LogP contribution in [0.2, 0.25) is 0 Å². The second kappa shape index (κ2) is 14.4. The molecule has 1 saturated heterocycles. The van der Waals surface area contributed by atoms with Gasteiger partial charge in [0.1, 0.15) is 18.2 Å². The fourth-order valence-electron chi connectivity index (χ4n) is 2.46. The van der Waals surface area contributed by atoms with Crippen molar-refractivity contribution in [2.45, 2.75) is 45.8 Å². The number of carbonyl (C=O) groups is 2. The number of carbonyl (C=O) groups excluding carboxylic acids is 2. The molecule has 2 amide bonds. The molecule has 2 heterocycles. The van der Waals surface area contributed by atoms with Crippen LogP contribution in [-0.4, -0.2) is 41.6 Å². The third-order valence-corrected chi connectivity index (χ3v) is 4.83. The summed E-state index contributed by atoms with van der Waals surface area (Å²) in [6, 6.07) is 13.4. The van der Waals surface area contributed by atoms with E-state index < -0.39 is 0 Å². The zero-order chi connectivity index (χ0) is 22.4. The highest BCUT2D eigenvalue weighted by Crippen LogP contribution is 2.23. The van der Waals surface area contributed by atoms with Gasteiger partial charge in [-0.2, -0.15) is 0 Å². The Morgan fingerprint density at radius 3 is 2.30 bits per heavy atom. The van der Waals surface area contributed by atoms with Gasteiger partial charge in [0.15, 0.2) is 0 Å². The summed E-state index contributed by atoms with van der Waals surface area (Å²) in [6.07, 6.45) is 3.55. The normalized spacial score (nSPS) is 14.6. The van der Waals surface area contributed by atoms with Gasteiger partial charge >= 0.3 is 0 Å². The minimum atomic E-state index is -0.341. The summed E-state index contributed by atoms with van der Waals surface area (Å²) in [5, 5.41) is 1.69. The molecule has 1 aromatic heterocycles. The molecule has 1 aliphatic rings. The molecule has 1 aromatic carbocycles. The molecule has 1 N–H and O–H groups in total. The lowest BCUT2D eigenvalue weighted by atomic mass is 10.1. The first-order chi connectivity index (χ1) is 14.5. The second-order valence-corrected chi connectivity index (χ2v) is 7.57. The van der Waals surface area contributed by atoms with Gasteiger partial charge in [-0.3, -0.25) is 14.9 Å². The number of imide groups is 1. The van der Waals surface area contributed by atoms with E-state index >= 15 is 0 Å². The van der Waals surface area contributed by atoms with Crippen LogP contribution in [-0.2, 0) is 11.2 Å². The third-order valence-electron chi connectivity index (χ3n) is 3.85. The zero-order valence-electron chi connectivity index (χ0n) is 18.6. The van der Waals surface area contributed by atoms with Crippen molar-refractivity contribution in [1.82, 2.24) is 10.3 Å². The molecule has 1 fully saturated rings. The first kappa shape index (κ1) is 25.5. The Hall–Kier alpha value is -2.54. The second-order valence-electron chi connectivity index (χ2n) is 6.40. The van der Waals surface area contributed by atoms with Gasteiger partial charge in [0.05, 0.1) is 11.8 Å². The molecule has 6 nitrogen and oxygen atoms in total. The highest BCUT2D eigenvalue weighted by Gasteiger charge is 2.31. The van der Waals surface area contributed by atoms with Crippen LogP contribution in [0.4, 0.5) is 10.6 Å². The summed E-state index contributed by atoms with van der Waals surface area (Å²) in [7, 11) is 1.97. The molecule has 0 saturated carbocycles. The Balaban J connectivity index is 0.000000826. The van der Waals surface area contributed by atoms with E-state index in [1.165, 1.54) is 6.42 Å². The maximum atomic E-state index is 11.6. The summed E-state index contributed by atoms with van der Waals surface area (Å²) in [5.41, 5.74) is 1.00. The standard InChI is InChI=1S/C18H19N3O3S.C3H8.C2H6/c1-21(16-4-2-3-9-19-16)10-11-24-14-7-5-13(6-8-14)12-15-17(22)20-18(23)25-15;1-3-2;1-2/h2-9,15H,10-12H2,1H3,(H,20,22,23);3H2,1-2H3;1-2H3. The van der Waals surface area contributed by atoms with E-state index in [1.54, 1.807) is 6.20 Å². The molecular weight excluding hydrogens is 398 g/mol. The van der Waals surface area contributed by atoms with E-state index in [2.05, 4.69) is 24.1 Å². The summed E-state index contributed by atoms with van der Waals surface area (Å²) < 4.78 is 5.75. The number of likely N-dealkylation sites (N-methyl/N-ethyl adjacent to an activating group) is 1. The van der Waals surface area contributed by atoms with Crippen molar-refractivity contribution in [2.75, 3.05) is 25.1 Å². The number of nitrogens with one attached hydrogen (secondary N) is 1. The summed E-state index contributed by atoms with van der Waals surface area (Å²) in [5.74, 6) is 1.47. The maximum absolute atomic E-state index is 11.6. The molecule has 0 radical (unpaired) electrons. The van der Waals surface area contributed by atoms with Crippen molar-refractivity contribution in [3.05, 3.63) is 54.2 Å². The highest BCUT2D eigenvalue weighted by atomic mass is 32.2. The van der Waals surface area contributed by atoms with Gasteiger partial charge in [-0.15, -0.1) is 0 Å². The Kier molecular flexibility index (Phi) is 12.3. The average molecular weight is 432 g/mol. The van der Waals surface area contributed by atoms with Crippen LogP contribution in [0, 0.1) is 0 Å². The van der Waals surface area contributed by atoms with Crippen LogP contribution in [0.1, 0.15) is 39.7 Å². The predicted octanol–water partition coefficient (Wildman–Crippen LogP) is 4.93. The summed E-state index contributed by atoms with van der Waals surface area (Å²) >= 11 is 1.05. The van der Waals surface area contributed by atoms with Gasteiger partial charge in [-0.25, -0.2) is 4.98 Å². The molecule has 164 valence electrons. The lowest BCUT2D eigenvalue weighted by Gasteiger charge is -2.18. The number of rotatable bonds is 7. The van der Waals surface area contributed by atoms with Crippen LogP contribution in [0.25, 0.3) is 0 Å². The van der Waals surface area contributed by atoms with Gasteiger partial charge in [0.2, 0.25) is 5.91 Å². The van der Waals surface area contributed by atoms with E-state index in [0.29, 0.717) is 13.0 Å². The van der Waals surface area contributed by atoms with Gasteiger partial charge in [0, 0.05) is 13.2 Å². The van der Waals surface area contributed by atoms with Gasteiger partial charge < -0.3 is 9.64 Å². The largest absolute Gasteiger partial charge is 0.492 e. The number of benzene rings is 1. The molecule has 30 heavy (non-hydrogen) atoms. The number of anilines is 1. The van der Waals surface area contributed by atoms with Crippen LogP contribution >= 0.6 is 11.8 Å². The van der Waals surface area contributed by atoms with Gasteiger partial charge in [-0.05, 0) is 36.2 Å². The Morgan fingerprint density at radius 2 is 1.77 bits per heavy atom. The molecule has 0 spiro atoms. The van der Waals surface area contributed by atoms with E-state index in [1.807, 2.05) is 68.3 Å². The zero-order valence-corrected chi connectivity index (χ0v) is 19.4. The molecule has 1 aliphatic heterocycles. The van der Waals surface area contributed by atoms with Crippen molar-refractivity contribution in [3.63, 3.8) is 0 Å². The average Bonchev–Trinajstić information content (AvgIpc) is 3.08. The highest BCUT2D eigenvalue weighted by molar-refractivity contribution is 8.15. The van der Waals surface area contributed by atoms with E-state index in [4.69, 9.17) is 4.74 Å². The molecule has 1 atom stereocenters. The first-order valence-electron chi connectivity index (χ1n) is 10.4. The lowest BCUT2D eigenvalue weighted by molar-refractivity contribution is -0.118. The van der Waals surface area contributed by atoms with Crippen molar-refractivity contribution >= 4 is 28.7 Å². The number of hydrogen-bond donors (Lipinski definition) is 1. The monoisotopic (exact) mass is 431 g/mol. The molecule has 7 heteroatoms. The third kappa shape index (κ3) is 8.86. The predicted molar refractivity (Wildman–Crippen MR) is 125 cm³/mol. The number of nitrogens with zero attached hydrogens (tertiary/aromatic N) is 2. The van der Waals surface area contributed by atoms with Crippen LogP contribution in [0.5, 0.6) is 5.75 Å². The van der Waals surface area contributed by atoms with Crippen molar-refractivity contribution in [2.24, 2.45) is 0 Å². The van der Waals surface area contributed by atoms with Crippen molar-refractivity contribution < 1.29 is 14.3 Å². The smallest absolute Gasteiger partial charge is 0.286 e. The van der Waals surface area contributed by atoms with E-state index in [9.17, 15) is 9.59 Å². The lowest BCUT2D eigenvalue weighted by Crippen LogP contribution is -2.25. The number of ether oxygens (including phenoxy) is 1. The summed E-state index contributed by atoms with van der Waals surface area (Å²) in [6.45, 7) is 9.52. The van der Waals surface area contributed by atoms with Crippen LogP contribution in [0.3, 0.4) is 0 Å². The minimum absolute atomic E-state index is 0.215. The number of pyridine rings is 1. The quantitative estimate of drug-likeness (QED) is 0.670. The Morgan fingerprint density at radius 1 is 1.10 bits per heavy atom. The van der Waals surface area contributed by atoms with Crippen molar-refractivity contribution in [1.29, 1.82) is 0 Å². The Labute approximate surface area is 184 Å². The molecule has 1 unspecified atom stereocenters. The Bertz CT molecular complexity index is 754. The fourth-order valence-corrected chi connectivity index (χ4v) is 3.32. The fraction of sp³-hybridized carbons (Fsp3) is 0.435. The van der Waals surface area contributed by atoms with E-state index in [-0.39, 0.29) is 16.4 Å². The molecule has 3 rings (SSSR count). The number of aromatic nitrogens is 1. The number of hydrogen-bond acceptors (Lipinski definition) is 6. The number of amides is 2. The maximum Gasteiger partial charge on any atom is 0.286 e. The molecule has 0 bridgehead atoms. The van der Waals surface area contributed by atoms with Crippen LogP contribution < -0.4 is 15.0 Å². The van der Waals surface area contributed by atoms with Crippen molar-refractivity contribution in [3.8, 4) is 5.75 Å². The van der Waals surface area contributed by atoms with Gasteiger partial charge in [0.25, 0.3) is 5.24 Å². The van der Waals surface area contributed by atoms with Gasteiger partial charge in [-0.1, -0.05) is 64.1 Å². The minimum Gasteiger partial charge on any atom is -0.492 e. The molecular formula is C23H33N3O3S. The molecule has 2 aromatic rings. The van der Waals surface area contributed by atoms with Crippen LogP contribution in [0.15, 0.2) is 48.7 Å². The summed E-state index contributed by atoms with van der Waals surface area (Å²) in [4.78, 5) is 29.1. The topological polar surface area (TPSA) is 71.5 Å². The first-order valence-corrected chi connectivity index (χ1v) is 11.3. The molecule has 0 aliphatic carbocycles. The van der Waals surface area contributed by atoms with E-state index in [0.717, 1.165) is 35.4 Å². The number of thioether (sulfide) groups is 1.